The maximum absolute atomic E-state index is 12.7. The number of hydrogen-bond donors (Lipinski definition) is 2. The zero-order valence-electron chi connectivity index (χ0n) is 19.6. The van der Waals surface area contributed by atoms with E-state index < -0.39 is 17.0 Å². The smallest absolute Gasteiger partial charge is 0.319 e. The van der Waals surface area contributed by atoms with Crippen LogP contribution in [0.15, 0.2) is 84.0 Å². The first-order chi connectivity index (χ1) is 17.4. The third-order valence-electron chi connectivity index (χ3n) is 5.25. The molecule has 2 N–H and O–H groups in total. The van der Waals surface area contributed by atoms with Gasteiger partial charge in [-0.15, -0.1) is 10.2 Å². The SMILES string of the molecule is COc1cccc(NC(=O)NC(C)c2nnc(SCc3ccccc3)n2-c2ccc([N+](=O)[O-])cc2)c1. The third-order valence-corrected chi connectivity index (χ3v) is 6.25. The van der Waals surface area contributed by atoms with Gasteiger partial charge in [-0.25, -0.2) is 4.79 Å². The van der Waals surface area contributed by atoms with Gasteiger partial charge in [0.15, 0.2) is 11.0 Å². The highest BCUT2D eigenvalue weighted by atomic mass is 32.2. The van der Waals surface area contributed by atoms with Crippen LogP contribution in [0.1, 0.15) is 24.4 Å². The Morgan fingerprint density at radius 1 is 1.08 bits per heavy atom. The maximum atomic E-state index is 12.7. The van der Waals surface area contributed by atoms with Gasteiger partial charge >= 0.3 is 6.03 Å². The van der Waals surface area contributed by atoms with Gasteiger partial charge in [-0.3, -0.25) is 14.7 Å². The summed E-state index contributed by atoms with van der Waals surface area (Å²) >= 11 is 1.48. The molecule has 1 aromatic heterocycles. The molecule has 184 valence electrons. The molecule has 0 aliphatic rings. The van der Waals surface area contributed by atoms with E-state index in [1.165, 1.54) is 23.9 Å². The molecule has 3 aromatic carbocycles. The van der Waals surface area contributed by atoms with E-state index in [4.69, 9.17) is 4.74 Å². The van der Waals surface area contributed by atoms with Gasteiger partial charge < -0.3 is 15.4 Å². The number of thioether (sulfide) groups is 1. The Morgan fingerprint density at radius 2 is 1.83 bits per heavy atom. The summed E-state index contributed by atoms with van der Waals surface area (Å²) in [5.41, 5.74) is 2.33. The van der Waals surface area contributed by atoms with Crippen molar-refractivity contribution in [3.63, 3.8) is 0 Å². The van der Waals surface area contributed by atoms with Crippen LogP contribution in [0, 0.1) is 10.1 Å². The minimum Gasteiger partial charge on any atom is -0.497 e. The number of carbonyl (C=O) groups excluding carboxylic acids is 1. The number of hydrogen-bond acceptors (Lipinski definition) is 7. The lowest BCUT2D eigenvalue weighted by Crippen LogP contribution is -2.32. The minimum absolute atomic E-state index is 0.0179. The quantitative estimate of drug-likeness (QED) is 0.179. The van der Waals surface area contributed by atoms with Gasteiger partial charge in [-0.2, -0.15) is 0 Å². The molecule has 11 heteroatoms. The van der Waals surface area contributed by atoms with Crippen LogP contribution < -0.4 is 15.4 Å². The van der Waals surface area contributed by atoms with E-state index in [2.05, 4.69) is 20.8 Å². The molecule has 0 aliphatic heterocycles. The number of aromatic nitrogens is 3. The lowest BCUT2D eigenvalue weighted by Gasteiger charge is -2.17. The van der Waals surface area contributed by atoms with Gasteiger partial charge in [0.05, 0.1) is 18.1 Å². The van der Waals surface area contributed by atoms with Gasteiger partial charge in [-0.1, -0.05) is 48.2 Å². The highest BCUT2D eigenvalue weighted by molar-refractivity contribution is 7.98. The second kappa shape index (κ2) is 11.4. The number of nitro benzene ring substituents is 1. The van der Waals surface area contributed by atoms with Crippen LogP contribution in [0.25, 0.3) is 5.69 Å². The van der Waals surface area contributed by atoms with Crippen LogP contribution in [0.5, 0.6) is 5.75 Å². The van der Waals surface area contributed by atoms with Crippen LogP contribution >= 0.6 is 11.8 Å². The molecule has 1 atom stereocenters. The summed E-state index contributed by atoms with van der Waals surface area (Å²) in [6.07, 6.45) is 0. The van der Waals surface area contributed by atoms with Gasteiger partial charge in [0, 0.05) is 35.3 Å². The van der Waals surface area contributed by atoms with Crippen LogP contribution in [-0.4, -0.2) is 32.8 Å². The number of amides is 2. The molecule has 10 nitrogen and oxygen atoms in total. The predicted molar refractivity (Wildman–Crippen MR) is 138 cm³/mol. The Labute approximate surface area is 211 Å². The summed E-state index contributed by atoms with van der Waals surface area (Å²) in [5.74, 6) is 1.77. The highest BCUT2D eigenvalue weighted by Crippen LogP contribution is 2.28. The first kappa shape index (κ1) is 24.7. The molecule has 0 saturated carbocycles. The monoisotopic (exact) mass is 504 g/mol. The fraction of sp³-hybridized carbons (Fsp3) is 0.160. The molecule has 1 unspecified atom stereocenters. The van der Waals surface area contributed by atoms with Crippen LogP contribution in [0.2, 0.25) is 0 Å². The van der Waals surface area contributed by atoms with E-state index in [-0.39, 0.29) is 5.69 Å². The van der Waals surface area contributed by atoms with Gasteiger partial charge in [0.1, 0.15) is 5.75 Å². The molecule has 36 heavy (non-hydrogen) atoms. The van der Waals surface area contributed by atoms with Gasteiger partial charge in [-0.05, 0) is 36.8 Å². The Bertz CT molecular complexity index is 1340. The topological polar surface area (TPSA) is 124 Å². The molecule has 0 aliphatic carbocycles. The van der Waals surface area contributed by atoms with E-state index >= 15 is 0 Å². The van der Waals surface area contributed by atoms with Crippen molar-refractivity contribution in [1.82, 2.24) is 20.1 Å². The Morgan fingerprint density at radius 3 is 2.53 bits per heavy atom. The number of nitrogens with one attached hydrogen (secondary N) is 2. The van der Waals surface area contributed by atoms with Gasteiger partial charge in [0.2, 0.25) is 0 Å². The second-order valence-corrected chi connectivity index (χ2v) is 8.72. The molecule has 4 rings (SSSR count). The number of nitrogens with zero attached hydrogens (tertiary/aromatic N) is 4. The van der Waals surface area contributed by atoms with E-state index in [9.17, 15) is 14.9 Å². The Hall–Kier alpha value is -4.38. The Balaban J connectivity index is 1.58. The van der Waals surface area contributed by atoms with Crippen molar-refractivity contribution < 1.29 is 14.5 Å². The highest BCUT2D eigenvalue weighted by Gasteiger charge is 2.22. The first-order valence-corrected chi connectivity index (χ1v) is 12.0. The molecular weight excluding hydrogens is 480 g/mol. The first-order valence-electron chi connectivity index (χ1n) is 11.0. The summed E-state index contributed by atoms with van der Waals surface area (Å²) in [5, 5.41) is 26.1. The molecule has 0 fully saturated rings. The second-order valence-electron chi connectivity index (χ2n) is 7.78. The molecular formula is C25H24N6O4S. The van der Waals surface area contributed by atoms with Crippen molar-refractivity contribution in [2.75, 3.05) is 12.4 Å². The van der Waals surface area contributed by atoms with Crippen molar-refractivity contribution >= 4 is 29.2 Å². The molecule has 2 amide bonds. The minimum atomic E-state index is -0.524. The molecule has 0 radical (unpaired) electrons. The van der Waals surface area contributed by atoms with Crippen LogP contribution in [0.4, 0.5) is 16.2 Å². The largest absolute Gasteiger partial charge is 0.497 e. The molecule has 0 saturated heterocycles. The molecule has 1 heterocycles. The summed E-state index contributed by atoms with van der Waals surface area (Å²) in [4.78, 5) is 23.4. The Kier molecular flexibility index (Phi) is 7.81. The standard InChI is InChI=1S/C25H24N6O4S/c1-17(26-24(32)27-19-9-6-10-22(15-19)35-2)23-28-29-25(36-16-18-7-4-3-5-8-18)30(23)20-11-13-21(14-12-20)31(33)34/h3-15,17H,16H2,1-2H3,(H2,26,27,32). The van der Waals surface area contributed by atoms with E-state index in [0.29, 0.717) is 33.9 Å². The van der Waals surface area contributed by atoms with Crippen molar-refractivity contribution in [3.8, 4) is 11.4 Å². The van der Waals surface area contributed by atoms with Crippen LogP contribution in [0.3, 0.4) is 0 Å². The van der Waals surface area contributed by atoms with E-state index in [1.54, 1.807) is 55.0 Å². The fourth-order valence-corrected chi connectivity index (χ4v) is 4.39. The van der Waals surface area contributed by atoms with Crippen LogP contribution in [-0.2, 0) is 5.75 Å². The molecule has 0 spiro atoms. The number of carbonyl (C=O) groups is 1. The number of anilines is 1. The number of rotatable bonds is 9. The zero-order chi connectivity index (χ0) is 25.5. The van der Waals surface area contributed by atoms with Crippen molar-refractivity contribution in [3.05, 3.63) is 100 Å². The molecule has 4 aromatic rings. The van der Waals surface area contributed by atoms with Gasteiger partial charge in [0.25, 0.3) is 5.69 Å². The van der Waals surface area contributed by atoms with Crippen molar-refractivity contribution in [2.24, 2.45) is 0 Å². The average molecular weight is 505 g/mol. The summed E-state index contributed by atoms with van der Waals surface area (Å²) < 4.78 is 6.99. The zero-order valence-corrected chi connectivity index (χ0v) is 20.4. The maximum Gasteiger partial charge on any atom is 0.319 e. The number of benzene rings is 3. The van der Waals surface area contributed by atoms with E-state index in [0.717, 1.165) is 5.56 Å². The van der Waals surface area contributed by atoms with E-state index in [1.807, 2.05) is 30.3 Å². The lowest BCUT2D eigenvalue weighted by atomic mass is 10.2. The van der Waals surface area contributed by atoms with Crippen molar-refractivity contribution in [2.45, 2.75) is 23.9 Å². The number of ether oxygens (including phenoxy) is 1. The fourth-order valence-electron chi connectivity index (χ4n) is 3.47. The summed E-state index contributed by atoms with van der Waals surface area (Å²) in [6, 6.07) is 22.1. The number of non-ortho nitro benzene ring substituents is 1. The average Bonchev–Trinajstić information content (AvgIpc) is 3.32. The normalized spacial score (nSPS) is 11.5. The predicted octanol–water partition coefficient (Wildman–Crippen LogP) is 5.36. The lowest BCUT2D eigenvalue weighted by molar-refractivity contribution is -0.384. The molecule has 0 bridgehead atoms. The number of urea groups is 1. The summed E-state index contributed by atoms with van der Waals surface area (Å²) in [7, 11) is 1.56. The van der Waals surface area contributed by atoms with Crippen molar-refractivity contribution in [1.29, 1.82) is 0 Å². The number of methoxy groups -OCH3 is 1. The number of nitro groups is 1. The summed E-state index contributed by atoms with van der Waals surface area (Å²) in [6.45, 7) is 1.79. The third kappa shape index (κ3) is 5.99.